The zero-order valence-corrected chi connectivity index (χ0v) is 18.1. The van der Waals surface area contributed by atoms with Crippen molar-refractivity contribution in [2.24, 2.45) is 5.10 Å². The van der Waals surface area contributed by atoms with Crippen LogP contribution in [0.3, 0.4) is 0 Å². The van der Waals surface area contributed by atoms with Crippen LogP contribution in [0.5, 0.6) is 0 Å². The molecule has 1 aliphatic heterocycles. The molecule has 8 nitrogen and oxygen atoms in total. The van der Waals surface area contributed by atoms with Crippen LogP contribution in [0, 0.1) is 0 Å². The molecule has 0 saturated heterocycles. The summed E-state index contributed by atoms with van der Waals surface area (Å²) in [6, 6.07) is 15.7. The summed E-state index contributed by atoms with van der Waals surface area (Å²) in [5.41, 5.74) is 4.59. The van der Waals surface area contributed by atoms with Gasteiger partial charge in [0, 0.05) is 9.37 Å². The number of carbonyl (C=O) groups excluding carboxylic acids is 1. The van der Waals surface area contributed by atoms with Crippen molar-refractivity contribution in [3.8, 4) is 0 Å². The molecule has 1 aromatic heterocycles. The molecule has 29 heavy (non-hydrogen) atoms. The third-order valence-electron chi connectivity index (χ3n) is 3.74. The molecule has 0 aliphatic carbocycles. The molecule has 0 radical (unpaired) electrons. The lowest BCUT2D eigenvalue weighted by Gasteiger charge is -2.12. The Kier molecular flexibility index (Phi) is 6.37. The number of hydrogen-bond donors (Lipinski definition) is 4. The van der Waals surface area contributed by atoms with Crippen molar-refractivity contribution in [1.82, 2.24) is 20.5 Å². The van der Waals surface area contributed by atoms with Gasteiger partial charge in [0.2, 0.25) is 17.0 Å². The van der Waals surface area contributed by atoms with E-state index in [2.05, 4.69) is 52.3 Å². The number of aromatic nitrogens is 3. The van der Waals surface area contributed by atoms with Crippen molar-refractivity contribution in [3.05, 3.63) is 58.6 Å². The minimum absolute atomic E-state index is 0.0974. The van der Waals surface area contributed by atoms with E-state index < -0.39 is 0 Å². The van der Waals surface area contributed by atoms with E-state index in [4.69, 9.17) is 0 Å². The van der Waals surface area contributed by atoms with Gasteiger partial charge in [-0.05, 0) is 29.8 Å². The first-order valence-corrected chi connectivity index (χ1v) is 11.2. The average Bonchev–Trinajstić information content (AvgIpc) is 3.32. The van der Waals surface area contributed by atoms with Crippen LogP contribution in [0.2, 0.25) is 0 Å². The van der Waals surface area contributed by atoms with Crippen LogP contribution in [-0.4, -0.2) is 38.6 Å². The average molecular weight is 490 g/mol. The van der Waals surface area contributed by atoms with Crippen LogP contribution in [0.15, 0.2) is 68.2 Å². The maximum Gasteiger partial charge on any atom is 0.240 e. The number of fused-ring (bicyclic) bond motifs is 1. The van der Waals surface area contributed by atoms with Gasteiger partial charge in [-0.15, -0.1) is 5.10 Å². The summed E-state index contributed by atoms with van der Waals surface area (Å²) in [4.78, 5) is 17.6. The second-order valence-electron chi connectivity index (χ2n) is 5.89. The maximum absolute atomic E-state index is 12.2. The Morgan fingerprint density at radius 3 is 3.07 bits per heavy atom. The molecule has 4 rings (SSSR count). The normalized spacial score (nSPS) is 15.1. The van der Waals surface area contributed by atoms with Crippen LogP contribution in [0.1, 0.15) is 5.56 Å². The van der Waals surface area contributed by atoms with Crippen molar-refractivity contribution >= 4 is 63.2 Å². The van der Waals surface area contributed by atoms with Gasteiger partial charge in [-0.2, -0.15) is 10.1 Å². The number of hydrogen-bond acceptors (Lipinski definition) is 8. The molecular weight excluding hydrogens is 474 g/mol. The number of benzene rings is 2. The molecule has 1 atom stereocenters. The van der Waals surface area contributed by atoms with Crippen molar-refractivity contribution in [2.45, 2.75) is 15.5 Å². The van der Waals surface area contributed by atoms with Crippen LogP contribution < -0.4 is 16.1 Å². The molecule has 2 heterocycles. The second kappa shape index (κ2) is 9.33. The van der Waals surface area contributed by atoms with E-state index in [1.54, 1.807) is 18.0 Å². The number of aromatic amines is 1. The molecule has 148 valence electrons. The van der Waals surface area contributed by atoms with E-state index in [0.29, 0.717) is 11.1 Å². The van der Waals surface area contributed by atoms with E-state index in [9.17, 15) is 4.79 Å². The SMILES string of the molecule is O=C(CSc1n[nH]c(N/N=C/c2cccc(Br)c2)n1)NC1Nc2ccccc2S1. The maximum atomic E-state index is 12.2. The first-order chi connectivity index (χ1) is 14.2. The minimum Gasteiger partial charge on any atom is -0.356 e. The molecule has 2 aromatic carbocycles. The van der Waals surface area contributed by atoms with E-state index >= 15 is 0 Å². The number of anilines is 2. The predicted molar refractivity (Wildman–Crippen MR) is 120 cm³/mol. The molecule has 0 bridgehead atoms. The molecular formula is C18H16BrN7OS2. The Morgan fingerprint density at radius 1 is 1.31 bits per heavy atom. The number of hydrazone groups is 1. The molecule has 4 N–H and O–H groups in total. The summed E-state index contributed by atoms with van der Waals surface area (Å²) in [6.45, 7) is 0. The van der Waals surface area contributed by atoms with Crippen molar-refractivity contribution in [2.75, 3.05) is 16.5 Å². The topological polar surface area (TPSA) is 107 Å². The summed E-state index contributed by atoms with van der Waals surface area (Å²) in [5.74, 6) is 0.524. The Labute approximate surface area is 183 Å². The number of nitrogens with one attached hydrogen (secondary N) is 4. The van der Waals surface area contributed by atoms with E-state index in [0.717, 1.165) is 20.6 Å². The quantitative estimate of drug-likeness (QED) is 0.227. The summed E-state index contributed by atoms with van der Waals surface area (Å²) >= 11 is 6.24. The lowest BCUT2D eigenvalue weighted by atomic mass is 10.2. The third kappa shape index (κ3) is 5.52. The zero-order valence-electron chi connectivity index (χ0n) is 14.9. The molecule has 11 heteroatoms. The molecule has 1 amide bonds. The number of rotatable bonds is 7. The van der Waals surface area contributed by atoms with Gasteiger partial charge >= 0.3 is 0 Å². The lowest BCUT2D eigenvalue weighted by molar-refractivity contribution is -0.118. The molecule has 1 aliphatic rings. The highest BCUT2D eigenvalue weighted by Crippen LogP contribution is 2.36. The van der Waals surface area contributed by atoms with Crippen molar-refractivity contribution in [1.29, 1.82) is 0 Å². The Morgan fingerprint density at radius 2 is 2.21 bits per heavy atom. The largest absolute Gasteiger partial charge is 0.356 e. The number of halogens is 1. The zero-order chi connectivity index (χ0) is 20.1. The third-order valence-corrected chi connectivity index (χ3v) is 6.16. The van der Waals surface area contributed by atoms with Gasteiger partial charge in [-0.3, -0.25) is 4.79 Å². The number of carbonyl (C=O) groups is 1. The minimum atomic E-state index is -0.169. The molecule has 1 unspecified atom stereocenters. The standard InChI is InChI=1S/C18H16BrN7OS2/c19-12-5-3-4-11(8-12)9-20-24-16-23-18(26-25-16)28-10-15(27)22-17-21-13-6-1-2-7-14(13)29-17/h1-9,17,21H,10H2,(H,22,27)(H2,23,24,25,26)/b20-9+. The number of nitrogens with zero attached hydrogens (tertiary/aromatic N) is 3. The number of para-hydroxylation sites is 1. The van der Waals surface area contributed by atoms with Crippen LogP contribution in [0.4, 0.5) is 11.6 Å². The van der Waals surface area contributed by atoms with Gasteiger partial charge in [0.15, 0.2) is 5.50 Å². The first kappa shape index (κ1) is 19.8. The van der Waals surface area contributed by atoms with E-state index in [1.807, 2.05) is 48.5 Å². The highest BCUT2D eigenvalue weighted by molar-refractivity contribution is 9.10. The Balaban J connectivity index is 1.22. The van der Waals surface area contributed by atoms with E-state index in [1.165, 1.54) is 11.8 Å². The van der Waals surface area contributed by atoms with Gasteiger partial charge in [0.1, 0.15) is 0 Å². The number of amides is 1. The van der Waals surface area contributed by atoms with Crippen LogP contribution in [-0.2, 0) is 4.79 Å². The van der Waals surface area contributed by atoms with E-state index in [-0.39, 0.29) is 17.2 Å². The second-order valence-corrected chi connectivity index (χ2v) is 8.89. The molecule has 0 saturated carbocycles. The summed E-state index contributed by atoms with van der Waals surface area (Å²) < 4.78 is 0.980. The number of H-pyrrole nitrogens is 1. The highest BCUT2D eigenvalue weighted by atomic mass is 79.9. The van der Waals surface area contributed by atoms with Gasteiger partial charge in [-0.25, -0.2) is 10.5 Å². The Hall–Kier alpha value is -2.50. The molecule has 0 spiro atoms. The van der Waals surface area contributed by atoms with Crippen LogP contribution >= 0.6 is 39.5 Å². The smallest absolute Gasteiger partial charge is 0.240 e. The van der Waals surface area contributed by atoms with Crippen LogP contribution in [0.25, 0.3) is 0 Å². The monoisotopic (exact) mass is 489 g/mol. The van der Waals surface area contributed by atoms with Gasteiger partial charge < -0.3 is 10.6 Å². The van der Waals surface area contributed by atoms with Gasteiger partial charge in [0.25, 0.3) is 0 Å². The molecule has 0 fully saturated rings. The fraction of sp³-hybridized carbons (Fsp3) is 0.111. The number of thioether (sulfide) groups is 2. The first-order valence-electron chi connectivity index (χ1n) is 8.57. The Bertz CT molecular complexity index is 1020. The fourth-order valence-corrected chi connectivity index (χ4v) is 4.55. The van der Waals surface area contributed by atoms with Crippen molar-refractivity contribution < 1.29 is 4.79 Å². The fourth-order valence-electron chi connectivity index (χ4n) is 2.49. The summed E-state index contributed by atoms with van der Waals surface area (Å²) in [6.07, 6.45) is 1.68. The van der Waals surface area contributed by atoms with Gasteiger partial charge in [-0.1, -0.05) is 63.7 Å². The molecule has 3 aromatic rings. The summed E-state index contributed by atoms with van der Waals surface area (Å²) in [5, 5.41) is 17.6. The highest BCUT2D eigenvalue weighted by Gasteiger charge is 2.22. The lowest BCUT2D eigenvalue weighted by Crippen LogP contribution is -2.36. The van der Waals surface area contributed by atoms with Crippen molar-refractivity contribution in [3.63, 3.8) is 0 Å². The van der Waals surface area contributed by atoms with Gasteiger partial charge in [0.05, 0.1) is 17.7 Å². The summed E-state index contributed by atoms with van der Waals surface area (Å²) in [7, 11) is 0. The predicted octanol–water partition coefficient (Wildman–Crippen LogP) is 3.72.